The maximum atomic E-state index is 10.9. The predicted molar refractivity (Wildman–Crippen MR) is 43.7 cm³/mol. The minimum atomic E-state index is -0.719. The first-order chi connectivity index (χ1) is 6.06. The molecule has 1 heterocycles. The summed E-state index contributed by atoms with van der Waals surface area (Å²) in [5, 5.41) is 11.7. The first-order valence-electron chi connectivity index (χ1n) is 4.11. The monoisotopic (exact) mass is 187 g/mol. The van der Waals surface area contributed by atoms with Gasteiger partial charge in [0.15, 0.2) is 0 Å². The summed E-state index contributed by atoms with van der Waals surface area (Å²) >= 11 is 0. The number of carbonyl (C=O) groups excluding carboxylic acids is 2. The highest BCUT2D eigenvalue weighted by Gasteiger charge is 2.43. The lowest BCUT2D eigenvalue weighted by atomic mass is 9.84. The van der Waals surface area contributed by atoms with Crippen molar-refractivity contribution < 1.29 is 19.4 Å². The molecule has 1 aliphatic rings. The molecule has 0 aromatic carbocycles. The smallest absolute Gasteiger partial charge is 0.307 e. The number of carbonyl (C=O) groups is 2. The fraction of sp³-hybridized carbons (Fsp3) is 0.750. The fourth-order valence-corrected chi connectivity index (χ4v) is 1.45. The molecule has 1 aliphatic heterocycles. The van der Waals surface area contributed by atoms with E-state index in [9.17, 15) is 14.7 Å². The Morgan fingerprint density at radius 3 is 2.77 bits per heavy atom. The molecule has 3 atom stereocenters. The van der Waals surface area contributed by atoms with Gasteiger partial charge in [-0.3, -0.25) is 9.59 Å². The van der Waals surface area contributed by atoms with Crippen molar-refractivity contribution in [1.82, 2.24) is 5.32 Å². The van der Waals surface area contributed by atoms with E-state index in [0.29, 0.717) is 0 Å². The Balaban J connectivity index is 2.45. The molecule has 0 radical (unpaired) electrons. The largest absolute Gasteiger partial charge is 0.469 e. The summed E-state index contributed by atoms with van der Waals surface area (Å²) in [5.74, 6) is -1.06. The third-order valence-corrected chi connectivity index (χ3v) is 2.20. The maximum absolute atomic E-state index is 10.9. The van der Waals surface area contributed by atoms with Crippen LogP contribution >= 0.6 is 0 Å². The third-order valence-electron chi connectivity index (χ3n) is 2.20. The highest BCUT2D eigenvalue weighted by Crippen LogP contribution is 2.21. The molecular formula is C8H13NO4. The molecule has 5 nitrogen and oxygen atoms in total. The number of aliphatic hydroxyl groups excluding tert-OH is 1. The van der Waals surface area contributed by atoms with Crippen LogP contribution in [0.15, 0.2) is 0 Å². The molecule has 1 saturated heterocycles. The van der Waals surface area contributed by atoms with Crippen molar-refractivity contribution in [2.75, 3.05) is 7.11 Å². The average Bonchev–Trinajstić information content (AvgIpc) is 2.01. The van der Waals surface area contributed by atoms with Gasteiger partial charge in [-0.1, -0.05) is 0 Å². The normalized spacial score (nSPS) is 28.7. The van der Waals surface area contributed by atoms with Gasteiger partial charge in [0.25, 0.3) is 0 Å². The Morgan fingerprint density at radius 1 is 1.77 bits per heavy atom. The van der Waals surface area contributed by atoms with E-state index in [1.807, 2.05) is 0 Å². The van der Waals surface area contributed by atoms with Gasteiger partial charge in [-0.2, -0.15) is 0 Å². The third kappa shape index (κ3) is 1.98. The SMILES string of the molecule is COC(=O)C[C@@H]1NC(=O)[C@H]1[C@H](C)O. The van der Waals surface area contributed by atoms with E-state index in [-0.39, 0.29) is 24.3 Å². The first kappa shape index (κ1) is 9.98. The van der Waals surface area contributed by atoms with Crippen LogP contribution in [0.25, 0.3) is 0 Å². The standard InChI is InChI=1S/C8H13NO4/c1-4(10)7-5(9-8(7)12)3-6(11)13-2/h4-5,7,10H,3H2,1-2H3,(H,9,12)/t4-,5-,7-/m0/s1. The summed E-state index contributed by atoms with van der Waals surface area (Å²) in [5.41, 5.74) is 0. The molecule has 0 bridgehead atoms. The van der Waals surface area contributed by atoms with Crippen LogP contribution in [0.5, 0.6) is 0 Å². The highest BCUT2D eigenvalue weighted by atomic mass is 16.5. The maximum Gasteiger partial charge on any atom is 0.307 e. The minimum absolute atomic E-state index is 0.123. The summed E-state index contributed by atoms with van der Waals surface area (Å²) in [6, 6.07) is -0.278. The minimum Gasteiger partial charge on any atom is -0.469 e. The zero-order valence-electron chi connectivity index (χ0n) is 7.61. The molecule has 1 amide bonds. The quantitative estimate of drug-likeness (QED) is 0.441. The van der Waals surface area contributed by atoms with Crippen molar-refractivity contribution in [2.45, 2.75) is 25.5 Å². The second-order valence-corrected chi connectivity index (χ2v) is 3.16. The lowest BCUT2D eigenvalue weighted by Gasteiger charge is -2.37. The van der Waals surface area contributed by atoms with Gasteiger partial charge in [0.05, 0.1) is 31.6 Å². The first-order valence-corrected chi connectivity index (χ1v) is 4.11. The molecule has 1 rings (SSSR count). The van der Waals surface area contributed by atoms with Gasteiger partial charge in [0.2, 0.25) is 5.91 Å². The molecule has 0 unspecified atom stereocenters. The molecule has 5 heteroatoms. The van der Waals surface area contributed by atoms with Gasteiger partial charge in [-0.15, -0.1) is 0 Å². The Kier molecular flexibility index (Phi) is 2.87. The van der Waals surface area contributed by atoms with E-state index in [2.05, 4.69) is 10.1 Å². The van der Waals surface area contributed by atoms with Crippen LogP contribution in [-0.2, 0) is 14.3 Å². The summed E-state index contributed by atoms with van der Waals surface area (Å²) < 4.78 is 4.45. The second kappa shape index (κ2) is 3.74. The fourth-order valence-electron chi connectivity index (χ4n) is 1.45. The van der Waals surface area contributed by atoms with Crippen molar-refractivity contribution in [3.05, 3.63) is 0 Å². The van der Waals surface area contributed by atoms with Crippen molar-refractivity contribution in [3.63, 3.8) is 0 Å². The number of esters is 1. The van der Waals surface area contributed by atoms with Crippen LogP contribution in [0.2, 0.25) is 0 Å². The molecular weight excluding hydrogens is 174 g/mol. The predicted octanol–water partition coefficient (Wildman–Crippen LogP) is -0.955. The van der Waals surface area contributed by atoms with Crippen LogP contribution in [0.3, 0.4) is 0 Å². The second-order valence-electron chi connectivity index (χ2n) is 3.16. The van der Waals surface area contributed by atoms with Gasteiger partial charge in [-0.25, -0.2) is 0 Å². The van der Waals surface area contributed by atoms with E-state index in [0.717, 1.165) is 0 Å². The number of hydrogen-bond acceptors (Lipinski definition) is 4. The van der Waals surface area contributed by atoms with E-state index >= 15 is 0 Å². The Hall–Kier alpha value is -1.10. The van der Waals surface area contributed by atoms with E-state index < -0.39 is 12.0 Å². The number of rotatable bonds is 3. The van der Waals surface area contributed by atoms with Crippen LogP contribution < -0.4 is 5.32 Å². The molecule has 13 heavy (non-hydrogen) atoms. The van der Waals surface area contributed by atoms with Crippen molar-refractivity contribution in [2.24, 2.45) is 5.92 Å². The number of β-lactam (4-membered cyclic amide) rings is 1. The van der Waals surface area contributed by atoms with Gasteiger partial charge >= 0.3 is 5.97 Å². The summed E-state index contributed by atoms with van der Waals surface area (Å²) in [6.07, 6.45) is -0.596. The van der Waals surface area contributed by atoms with Crippen molar-refractivity contribution in [1.29, 1.82) is 0 Å². The number of amides is 1. The topological polar surface area (TPSA) is 75.6 Å². The molecule has 1 fully saturated rings. The lowest BCUT2D eigenvalue weighted by Crippen LogP contribution is -2.62. The zero-order valence-corrected chi connectivity index (χ0v) is 7.61. The van der Waals surface area contributed by atoms with Crippen LogP contribution in [0.1, 0.15) is 13.3 Å². The van der Waals surface area contributed by atoms with Crippen molar-refractivity contribution >= 4 is 11.9 Å². The van der Waals surface area contributed by atoms with E-state index in [1.165, 1.54) is 14.0 Å². The van der Waals surface area contributed by atoms with Crippen LogP contribution in [0.4, 0.5) is 0 Å². The average molecular weight is 187 g/mol. The number of aliphatic hydroxyl groups is 1. The molecule has 0 aliphatic carbocycles. The van der Waals surface area contributed by atoms with Crippen LogP contribution in [-0.4, -0.2) is 36.2 Å². The van der Waals surface area contributed by atoms with E-state index in [1.54, 1.807) is 0 Å². The lowest BCUT2D eigenvalue weighted by molar-refractivity contribution is -0.148. The molecule has 0 saturated carbocycles. The van der Waals surface area contributed by atoms with Crippen LogP contribution in [0, 0.1) is 5.92 Å². The Labute approximate surface area is 76.1 Å². The van der Waals surface area contributed by atoms with Crippen molar-refractivity contribution in [3.8, 4) is 0 Å². The molecule has 0 spiro atoms. The zero-order chi connectivity index (χ0) is 10.0. The van der Waals surface area contributed by atoms with Gasteiger partial charge in [0.1, 0.15) is 0 Å². The summed E-state index contributed by atoms with van der Waals surface area (Å²) in [4.78, 5) is 21.8. The Bertz CT molecular complexity index is 226. The number of nitrogens with one attached hydrogen (secondary N) is 1. The number of hydrogen-bond donors (Lipinski definition) is 2. The molecule has 0 aromatic heterocycles. The summed E-state index contributed by atoms with van der Waals surface area (Å²) in [7, 11) is 1.29. The highest BCUT2D eigenvalue weighted by molar-refractivity contribution is 5.88. The van der Waals surface area contributed by atoms with Gasteiger partial charge in [-0.05, 0) is 6.92 Å². The molecule has 2 N–H and O–H groups in total. The number of ether oxygens (including phenoxy) is 1. The summed E-state index contributed by atoms with van der Waals surface area (Å²) in [6.45, 7) is 1.54. The molecule has 0 aromatic rings. The van der Waals surface area contributed by atoms with Gasteiger partial charge in [0, 0.05) is 0 Å². The Morgan fingerprint density at radius 2 is 2.38 bits per heavy atom. The van der Waals surface area contributed by atoms with Gasteiger partial charge < -0.3 is 15.2 Å². The van der Waals surface area contributed by atoms with E-state index in [4.69, 9.17) is 0 Å². The molecule has 74 valence electrons. The number of methoxy groups -OCH3 is 1.